The lowest BCUT2D eigenvalue weighted by Gasteiger charge is -2.28. The topological polar surface area (TPSA) is 96.2 Å². The Kier molecular flexibility index (Phi) is 7.43. The van der Waals surface area contributed by atoms with E-state index in [1.165, 1.54) is 0 Å². The van der Waals surface area contributed by atoms with Crippen LogP contribution in [0.25, 0.3) is 0 Å². The number of phosphoric ester groups is 1. The molecular formula is C9H23NO6P+. The molecule has 0 bridgehead atoms. The molecule has 1 unspecified atom stereocenters. The summed E-state index contributed by atoms with van der Waals surface area (Å²) >= 11 is 0. The molecule has 0 saturated carbocycles. The maximum atomic E-state index is 11.3. The number of nitrogens with zero attached hydrogens (tertiary/aromatic N) is 1. The molecule has 17 heavy (non-hydrogen) atoms. The van der Waals surface area contributed by atoms with Crippen molar-refractivity contribution in [2.45, 2.75) is 13.0 Å². The lowest BCUT2D eigenvalue weighted by molar-refractivity contribution is -0.888. The Morgan fingerprint density at radius 2 is 1.94 bits per heavy atom. The number of rotatable bonds is 9. The van der Waals surface area contributed by atoms with Crippen molar-refractivity contribution in [2.75, 3.05) is 47.0 Å². The minimum absolute atomic E-state index is 0.0871. The van der Waals surface area contributed by atoms with Crippen LogP contribution in [0, 0.1) is 0 Å². The van der Waals surface area contributed by atoms with Gasteiger partial charge in [0.15, 0.2) is 0 Å². The molecule has 0 aromatic rings. The van der Waals surface area contributed by atoms with E-state index in [-0.39, 0.29) is 6.61 Å². The summed E-state index contributed by atoms with van der Waals surface area (Å²) < 4.78 is 21.2. The van der Waals surface area contributed by atoms with Gasteiger partial charge in [-0.1, -0.05) is 0 Å². The molecule has 0 aromatic heterocycles. The number of aliphatic hydroxyl groups is 2. The van der Waals surface area contributed by atoms with E-state index in [0.717, 1.165) is 6.54 Å². The van der Waals surface area contributed by atoms with Gasteiger partial charge in [0.2, 0.25) is 0 Å². The maximum Gasteiger partial charge on any atom is 0.472 e. The molecule has 0 aliphatic rings. The predicted octanol–water partition coefficient (Wildman–Crippen LogP) is -0.431. The molecular weight excluding hydrogens is 249 g/mol. The summed E-state index contributed by atoms with van der Waals surface area (Å²) in [5.74, 6) is 0. The van der Waals surface area contributed by atoms with Crippen LogP contribution in [-0.4, -0.2) is 72.7 Å². The highest BCUT2D eigenvalue weighted by Crippen LogP contribution is 2.43. The molecule has 0 aliphatic heterocycles. The van der Waals surface area contributed by atoms with Crippen LogP contribution in [0.5, 0.6) is 0 Å². The van der Waals surface area contributed by atoms with Crippen molar-refractivity contribution in [1.29, 1.82) is 0 Å². The molecule has 8 heteroatoms. The predicted molar refractivity (Wildman–Crippen MR) is 62.3 cm³/mol. The zero-order chi connectivity index (χ0) is 13.5. The number of aliphatic hydroxyl groups excluding tert-OH is 2. The fourth-order valence-corrected chi connectivity index (χ4v) is 1.58. The van der Waals surface area contributed by atoms with Crippen molar-refractivity contribution in [3.05, 3.63) is 0 Å². The Morgan fingerprint density at radius 1 is 1.35 bits per heavy atom. The van der Waals surface area contributed by atoms with Crippen molar-refractivity contribution in [1.82, 2.24) is 0 Å². The first-order valence-corrected chi connectivity index (χ1v) is 6.95. The van der Waals surface area contributed by atoms with Gasteiger partial charge in [-0.2, -0.15) is 0 Å². The van der Waals surface area contributed by atoms with Gasteiger partial charge < -0.3 is 19.6 Å². The molecule has 0 saturated heterocycles. The van der Waals surface area contributed by atoms with Gasteiger partial charge >= 0.3 is 7.82 Å². The Labute approximate surface area is 102 Å². The number of likely N-dealkylation sites (N-methyl/N-ethyl adjacent to an activating group) is 1. The van der Waals surface area contributed by atoms with E-state index < -0.39 is 27.1 Å². The summed E-state index contributed by atoms with van der Waals surface area (Å²) in [4.78, 5) is 9.24. The van der Waals surface area contributed by atoms with Crippen LogP contribution in [0.4, 0.5) is 0 Å². The first-order valence-electron chi connectivity index (χ1n) is 5.45. The van der Waals surface area contributed by atoms with Crippen LogP contribution in [-0.2, 0) is 13.6 Å². The number of hydrogen-bond acceptors (Lipinski definition) is 5. The molecule has 0 fully saturated rings. The van der Waals surface area contributed by atoms with Crippen LogP contribution >= 0.6 is 7.82 Å². The van der Waals surface area contributed by atoms with E-state index in [9.17, 15) is 9.46 Å². The summed E-state index contributed by atoms with van der Waals surface area (Å²) in [5.41, 5.74) is 0. The van der Waals surface area contributed by atoms with E-state index >= 15 is 0 Å². The Bertz CT molecular complexity index is 260. The highest BCUT2D eigenvalue weighted by Gasteiger charge is 2.24. The van der Waals surface area contributed by atoms with Crippen LogP contribution in [0.15, 0.2) is 0 Å². The van der Waals surface area contributed by atoms with Crippen LogP contribution < -0.4 is 0 Å². The van der Waals surface area contributed by atoms with E-state index in [1.807, 2.05) is 21.0 Å². The van der Waals surface area contributed by atoms with Gasteiger partial charge in [0.05, 0.1) is 33.9 Å². The summed E-state index contributed by atoms with van der Waals surface area (Å²) in [6.45, 7) is 2.59. The number of quaternary nitrogens is 1. The highest BCUT2D eigenvalue weighted by atomic mass is 31.2. The molecule has 2 atom stereocenters. The quantitative estimate of drug-likeness (QED) is 0.389. The summed E-state index contributed by atoms with van der Waals surface area (Å²) in [6, 6.07) is 0. The van der Waals surface area contributed by atoms with Crippen molar-refractivity contribution in [3.63, 3.8) is 0 Å². The van der Waals surface area contributed by atoms with E-state index in [2.05, 4.69) is 4.52 Å². The lowest BCUT2D eigenvalue weighted by atomic mass is 10.4. The first-order chi connectivity index (χ1) is 7.72. The molecule has 0 amide bonds. The van der Waals surface area contributed by atoms with Gasteiger partial charge in [0.25, 0.3) is 0 Å². The van der Waals surface area contributed by atoms with Gasteiger partial charge in [0.1, 0.15) is 19.3 Å². The summed E-state index contributed by atoms with van der Waals surface area (Å²) in [5, 5.41) is 17.4. The smallest absolute Gasteiger partial charge is 0.394 e. The van der Waals surface area contributed by atoms with Crippen molar-refractivity contribution in [3.8, 4) is 0 Å². The van der Waals surface area contributed by atoms with E-state index in [0.29, 0.717) is 11.0 Å². The van der Waals surface area contributed by atoms with E-state index in [4.69, 9.17) is 14.7 Å². The molecule has 0 rings (SSSR count). The second kappa shape index (κ2) is 7.43. The van der Waals surface area contributed by atoms with E-state index in [1.54, 1.807) is 0 Å². The maximum absolute atomic E-state index is 11.3. The van der Waals surface area contributed by atoms with Gasteiger partial charge in [-0.05, 0) is 6.92 Å². The summed E-state index contributed by atoms with van der Waals surface area (Å²) in [7, 11) is -0.189. The average molecular weight is 272 g/mol. The zero-order valence-electron chi connectivity index (χ0n) is 10.6. The SMILES string of the molecule is CC[N+](C)(C)CCOP(=O)(O)OC[C@H](O)CO. The Balaban J connectivity index is 3.90. The average Bonchev–Trinajstić information content (AvgIpc) is 2.25. The zero-order valence-corrected chi connectivity index (χ0v) is 11.5. The van der Waals surface area contributed by atoms with Gasteiger partial charge in [0, 0.05) is 0 Å². The third-order valence-electron chi connectivity index (χ3n) is 2.45. The lowest BCUT2D eigenvalue weighted by Crippen LogP contribution is -2.41. The third kappa shape index (κ3) is 8.68. The first kappa shape index (κ1) is 17.0. The largest absolute Gasteiger partial charge is 0.472 e. The normalized spacial score (nSPS) is 17.8. The number of phosphoric acid groups is 1. The van der Waals surface area contributed by atoms with Crippen molar-refractivity contribution < 1.29 is 33.2 Å². The Morgan fingerprint density at radius 3 is 2.41 bits per heavy atom. The minimum Gasteiger partial charge on any atom is -0.394 e. The molecule has 7 nitrogen and oxygen atoms in total. The minimum atomic E-state index is -4.14. The molecule has 104 valence electrons. The highest BCUT2D eigenvalue weighted by molar-refractivity contribution is 7.47. The molecule has 0 aliphatic carbocycles. The second-order valence-electron chi connectivity index (χ2n) is 4.41. The van der Waals surface area contributed by atoms with Crippen molar-refractivity contribution >= 4 is 7.82 Å². The molecule has 0 radical (unpaired) electrons. The third-order valence-corrected chi connectivity index (χ3v) is 3.43. The molecule has 0 heterocycles. The van der Waals surface area contributed by atoms with Crippen LogP contribution in [0.1, 0.15) is 6.92 Å². The van der Waals surface area contributed by atoms with Gasteiger partial charge in [-0.3, -0.25) is 9.05 Å². The monoisotopic (exact) mass is 272 g/mol. The molecule has 0 aromatic carbocycles. The molecule has 0 spiro atoms. The van der Waals surface area contributed by atoms with Gasteiger partial charge in [-0.15, -0.1) is 0 Å². The standard InChI is InChI=1S/C9H22NO6P/c1-4-10(2,3)5-6-15-17(13,14)16-8-9(12)7-11/h9,11-12H,4-8H2,1-3H3/p+1/t9-/m1/s1. The fraction of sp³-hybridized carbons (Fsp3) is 1.00. The van der Waals surface area contributed by atoms with Crippen LogP contribution in [0.3, 0.4) is 0 Å². The van der Waals surface area contributed by atoms with Crippen LogP contribution in [0.2, 0.25) is 0 Å². The summed E-state index contributed by atoms with van der Waals surface area (Å²) in [6.07, 6.45) is -1.18. The van der Waals surface area contributed by atoms with Gasteiger partial charge in [-0.25, -0.2) is 4.57 Å². The molecule has 3 N–H and O–H groups in total. The number of hydrogen-bond donors (Lipinski definition) is 3. The Hall–Kier alpha value is -0.0100. The van der Waals surface area contributed by atoms with Crippen molar-refractivity contribution in [2.24, 2.45) is 0 Å². The fourth-order valence-electron chi connectivity index (χ4n) is 0.832. The second-order valence-corrected chi connectivity index (χ2v) is 5.86.